The van der Waals surface area contributed by atoms with E-state index in [1.165, 1.54) is 31.9 Å². The molecule has 21 heavy (non-hydrogen) atoms. The number of nitrogens with two attached hydrogens (primary N) is 1. The number of nitrogens with zero attached hydrogens (tertiary/aromatic N) is 3. The van der Waals surface area contributed by atoms with E-state index in [0.29, 0.717) is 12.4 Å². The van der Waals surface area contributed by atoms with Crippen LogP contribution in [0.15, 0.2) is 6.20 Å². The lowest BCUT2D eigenvalue weighted by Crippen LogP contribution is -2.22. The summed E-state index contributed by atoms with van der Waals surface area (Å²) in [6, 6.07) is 0. The number of aryl methyl sites for hydroxylation is 1. The summed E-state index contributed by atoms with van der Waals surface area (Å²) in [4.78, 5) is 14.4. The van der Waals surface area contributed by atoms with Gasteiger partial charge in [0.15, 0.2) is 5.82 Å². The first-order chi connectivity index (χ1) is 10.2. The first kappa shape index (κ1) is 17.6. The molecular formula is C14H27N5O2. The van der Waals surface area contributed by atoms with Crippen LogP contribution in [0, 0.1) is 17.0 Å². The van der Waals surface area contributed by atoms with Gasteiger partial charge in [-0.15, -0.1) is 0 Å². The molecule has 3 N–H and O–H groups in total. The zero-order valence-electron chi connectivity index (χ0n) is 12.9. The molecule has 0 atom stereocenters. The molecular weight excluding hydrogens is 270 g/mol. The third-order valence-corrected chi connectivity index (χ3v) is 3.54. The van der Waals surface area contributed by atoms with E-state index in [1.807, 2.05) is 0 Å². The molecule has 0 aromatic carbocycles. The van der Waals surface area contributed by atoms with Crippen LogP contribution in [-0.2, 0) is 6.54 Å². The fraction of sp³-hybridized carbons (Fsp3) is 0.786. The molecule has 0 radical (unpaired) electrons. The van der Waals surface area contributed by atoms with Crippen molar-refractivity contribution in [3.05, 3.63) is 22.1 Å². The highest BCUT2D eigenvalue weighted by atomic mass is 16.6. The Balaban J connectivity index is 2.07. The number of nitro groups is 1. The highest BCUT2D eigenvalue weighted by Gasteiger charge is 2.16. The Morgan fingerprint density at radius 3 is 2.57 bits per heavy atom. The van der Waals surface area contributed by atoms with Gasteiger partial charge in [0.25, 0.3) is 0 Å². The van der Waals surface area contributed by atoms with Gasteiger partial charge in [-0.2, -0.15) is 0 Å². The molecule has 0 spiro atoms. The standard InChI is InChI=1S/C14H27N5O2/c1-13-17-12-14(19(20)21)18(13)11-10-16-9-7-5-3-2-4-6-8-15/h12,16H,2-11,15H2,1H3. The Morgan fingerprint density at radius 2 is 1.90 bits per heavy atom. The van der Waals surface area contributed by atoms with E-state index >= 15 is 0 Å². The molecule has 0 saturated heterocycles. The summed E-state index contributed by atoms with van der Waals surface area (Å²) >= 11 is 0. The minimum Gasteiger partial charge on any atom is -0.358 e. The van der Waals surface area contributed by atoms with Gasteiger partial charge in [0.05, 0.1) is 0 Å². The Morgan fingerprint density at radius 1 is 1.24 bits per heavy atom. The van der Waals surface area contributed by atoms with Gasteiger partial charge in [-0.25, -0.2) is 9.55 Å². The minimum atomic E-state index is -0.388. The van der Waals surface area contributed by atoms with Crippen molar-refractivity contribution in [1.29, 1.82) is 0 Å². The predicted octanol–water partition coefficient (Wildman–Crippen LogP) is 1.99. The Bertz CT molecular complexity index is 419. The summed E-state index contributed by atoms with van der Waals surface area (Å²) in [5.41, 5.74) is 5.45. The summed E-state index contributed by atoms with van der Waals surface area (Å²) in [5.74, 6) is 0.748. The molecule has 0 fully saturated rings. The summed E-state index contributed by atoms with van der Waals surface area (Å²) in [7, 11) is 0. The van der Waals surface area contributed by atoms with Crippen LogP contribution in [0.5, 0.6) is 0 Å². The Hall–Kier alpha value is -1.47. The third-order valence-electron chi connectivity index (χ3n) is 3.54. The Labute approximate surface area is 126 Å². The molecule has 0 aliphatic carbocycles. The van der Waals surface area contributed by atoms with Crippen molar-refractivity contribution in [3.63, 3.8) is 0 Å². The largest absolute Gasteiger partial charge is 0.358 e. The van der Waals surface area contributed by atoms with E-state index in [1.54, 1.807) is 11.5 Å². The van der Waals surface area contributed by atoms with Crippen LogP contribution >= 0.6 is 0 Å². The summed E-state index contributed by atoms with van der Waals surface area (Å²) in [5, 5.41) is 14.2. The molecule has 1 heterocycles. The van der Waals surface area contributed by atoms with Crippen LogP contribution in [0.4, 0.5) is 5.82 Å². The average molecular weight is 297 g/mol. The molecule has 7 nitrogen and oxygen atoms in total. The topological polar surface area (TPSA) is 99.0 Å². The van der Waals surface area contributed by atoms with Gasteiger partial charge < -0.3 is 21.2 Å². The minimum absolute atomic E-state index is 0.0641. The first-order valence-corrected chi connectivity index (χ1v) is 7.74. The number of nitrogens with one attached hydrogen (secondary N) is 1. The zero-order valence-corrected chi connectivity index (χ0v) is 12.9. The lowest BCUT2D eigenvalue weighted by atomic mass is 10.1. The lowest BCUT2D eigenvalue weighted by Gasteiger charge is -2.05. The van der Waals surface area contributed by atoms with E-state index in [9.17, 15) is 10.1 Å². The molecule has 1 rings (SSSR count). The van der Waals surface area contributed by atoms with E-state index in [4.69, 9.17) is 5.73 Å². The normalized spacial score (nSPS) is 11.0. The lowest BCUT2D eigenvalue weighted by molar-refractivity contribution is -0.392. The average Bonchev–Trinajstić information content (AvgIpc) is 2.82. The van der Waals surface area contributed by atoms with Gasteiger partial charge in [-0.05, 0) is 30.9 Å². The second-order valence-corrected chi connectivity index (χ2v) is 5.23. The number of unbranched alkanes of at least 4 members (excludes halogenated alkanes) is 5. The van der Waals surface area contributed by atoms with Gasteiger partial charge in [-0.1, -0.05) is 25.7 Å². The second kappa shape index (κ2) is 10.3. The quantitative estimate of drug-likeness (QED) is 0.349. The zero-order chi connectivity index (χ0) is 15.5. The maximum Gasteiger partial charge on any atom is 0.342 e. The van der Waals surface area contributed by atoms with Crippen molar-refractivity contribution in [2.24, 2.45) is 5.73 Å². The van der Waals surface area contributed by atoms with Crippen molar-refractivity contribution in [2.45, 2.75) is 52.0 Å². The number of rotatable bonds is 12. The summed E-state index contributed by atoms with van der Waals surface area (Å²) < 4.78 is 1.64. The highest BCUT2D eigenvalue weighted by Crippen LogP contribution is 2.12. The SMILES string of the molecule is Cc1ncc([N+](=O)[O-])n1CCNCCCCCCCCN. The maximum absolute atomic E-state index is 10.8. The number of aromatic nitrogens is 2. The van der Waals surface area contributed by atoms with E-state index in [-0.39, 0.29) is 10.7 Å². The molecule has 1 aromatic heterocycles. The third kappa shape index (κ3) is 6.68. The predicted molar refractivity (Wildman–Crippen MR) is 83.2 cm³/mol. The van der Waals surface area contributed by atoms with Crippen LogP contribution in [-0.4, -0.2) is 34.1 Å². The second-order valence-electron chi connectivity index (χ2n) is 5.23. The monoisotopic (exact) mass is 297 g/mol. The van der Waals surface area contributed by atoms with Crippen molar-refractivity contribution < 1.29 is 4.92 Å². The Kier molecular flexibility index (Phi) is 8.61. The number of imidazole rings is 1. The van der Waals surface area contributed by atoms with E-state index in [2.05, 4.69) is 10.3 Å². The molecule has 0 saturated carbocycles. The molecule has 0 aliphatic rings. The van der Waals surface area contributed by atoms with Gasteiger partial charge >= 0.3 is 5.82 Å². The summed E-state index contributed by atoms with van der Waals surface area (Å²) in [6.45, 7) is 4.85. The van der Waals surface area contributed by atoms with Crippen LogP contribution in [0.1, 0.15) is 44.3 Å². The molecule has 0 amide bonds. The van der Waals surface area contributed by atoms with Crippen molar-refractivity contribution in [3.8, 4) is 0 Å². The van der Waals surface area contributed by atoms with Gasteiger partial charge in [0.2, 0.25) is 0 Å². The van der Waals surface area contributed by atoms with Crippen molar-refractivity contribution in [1.82, 2.24) is 14.9 Å². The molecule has 1 aromatic rings. The van der Waals surface area contributed by atoms with Crippen LogP contribution < -0.4 is 11.1 Å². The van der Waals surface area contributed by atoms with Crippen molar-refractivity contribution in [2.75, 3.05) is 19.6 Å². The number of hydrogen-bond acceptors (Lipinski definition) is 5. The molecule has 7 heteroatoms. The first-order valence-electron chi connectivity index (χ1n) is 7.74. The van der Waals surface area contributed by atoms with Gasteiger partial charge in [-0.3, -0.25) is 0 Å². The highest BCUT2D eigenvalue weighted by molar-refractivity contribution is 5.18. The van der Waals surface area contributed by atoms with E-state index < -0.39 is 0 Å². The van der Waals surface area contributed by atoms with Crippen LogP contribution in [0.25, 0.3) is 0 Å². The fourth-order valence-corrected chi connectivity index (χ4v) is 2.30. The van der Waals surface area contributed by atoms with Gasteiger partial charge in [0.1, 0.15) is 12.7 Å². The van der Waals surface area contributed by atoms with E-state index in [0.717, 1.165) is 32.5 Å². The fourth-order valence-electron chi connectivity index (χ4n) is 2.30. The molecule has 120 valence electrons. The smallest absolute Gasteiger partial charge is 0.342 e. The molecule has 0 unspecified atom stereocenters. The van der Waals surface area contributed by atoms with Crippen LogP contribution in [0.2, 0.25) is 0 Å². The number of hydrogen-bond donors (Lipinski definition) is 2. The molecule has 0 aliphatic heterocycles. The van der Waals surface area contributed by atoms with Crippen LogP contribution in [0.3, 0.4) is 0 Å². The van der Waals surface area contributed by atoms with Crippen molar-refractivity contribution >= 4 is 5.82 Å². The molecule has 0 bridgehead atoms. The maximum atomic E-state index is 10.8. The van der Waals surface area contributed by atoms with Gasteiger partial charge in [0, 0.05) is 13.5 Å². The summed E-state index contributed by atoms with van der Waals surface area (Å²) in [6.07, 6.45) is 8.56.